The van der Waals surface area contributed by atoms with E-state index in [-0.39, 0.29) is 0 Å². The van der Waals surface area contributed by atoms with E-state index in [1.54, 1.807) is 0 Å². The van der Waals surface area contributed by atoms with Gasteiger partial charge in [0.15, 0.2) is 0 Å². The largest absolute Gasteiger partial charge is 0.342 e. The third-order valence-electron chi connectivity index (χ3n) is 4.56. The van der Waals surface area contributed by atoms with Gasteiger partial charge in [-0.15, -0.1) is 0 Å². The summed E-state index contributed by atoms with van der Waals surface area (Å²) >= 11 is 0. The van der Waals surface area contributed by atoms with E-state index in [0.29, 0.717) is 18.5 Å². The molecule has 0 spiro atoms. The molecule has 0 aromatic heterocycles. The molecule has 2 saturated heterocycles. The summed E-state index contributed by atoms with van der Waals surface area (Å²) in [5.74, 6) is 0.324. The van der Waals surface area contributed by atoms with Gasteiger partial charge < -0.3 is 10.2 Å². The van der Waals surface area contributed by atoms with Crippen molar-refractivity contribution in [3.05, 3.63) is 0 Å². The highest BCUT2D eigenvalue weighted by Gasteiger charge is 2.19. The summed E-state index contributed by atoms with van der Waals surface area (Å²) in [5.41, 5.74) is 0. The average molecular weight is 281 g/mol. The molecule has 4 nitrogen and oxygen atoms in total. The van der Waals surface area contributed by atoms with Crippen molar-refractivity contribution in [3.63, 3.8) is 0 Å². The van der Waals surface area contributed by atoms with Gasteiger partial charge in [-0.2, -0.15) is 0 Å². The number of likely N-dealkylation sites (N-methyl/N-ethyl adjacent to an activating group) is 1. The smallest absolute Gasteiger partial charge is 0.236 e. The monoisotopic (exact) mass is 281 g/mol. The van der Waals surface area contributed by atoms with Crippen molar-refractivity contribution in [1.29, 1.82) is 0 Å². The fourth-order valence-corrected chi connectivity index (χ4v) is 3.35. The van der Waals surface area contributed by atoms with Crippen molar-refractivity contribution in [3.8, 4) is 0 Å². The summed E-state index contributed by atoms with van der Waals surface area (Å²) in [6.07, 6.45) is 10.1. The summed E-state index contributed by atoms with van der Waals surface area (Å²) in [4.78, 5) is 16.7. The van der Waals surface area contributed by atoms with E-state index in [1.807, 2.05) is 0 Å². The Morgan fingerprint density at radius 3 is 2.45 bits per heavy atom. The van der Waals surface area contributed by atoms with Crippen molar-refractivity contribution >= 4 is 5.91 Å². The number of carbonyl (C=O) groups excluding carboxylic acids is 1. The van der Waals surface area contributed by atoms with Gasteiger partial charge in [0.1, 0.15) is 0 Å². The summed E-state index contributed by atoms with van der Waals surface area (Å²) in [5, 5.41) is 3.55. The highest BCUT2D eigenvalue weighted by Crippen LogP contribution is 2.11. The van der Waals surface area contributed by atoms with E-state index >= 15 is 0 Å². The zero-order valence-electron chi connectivity index (χ0n) is 13.1. The van der Waals surface area contributed by atoms with Crippen LogP contribution >= 0.6 is 0 Å². The lowest BCUT2D eigenvalue weighted by Gasteiger charge is -2.30. The van der Waals surface area contributed by atoms with E-state index in [4.69, 9.17) is 0 Å². The first-order valence-corrected chi connectivity index (χ1v) is 8.45. The van der Waals surface area contributed by atoms with Crippen molar-refractivity contribution in [2.24, 2.45) is 0 Å². The standard InChI is InChI=1S/C16H31N3O/c1-18(13-15-9-5-6-10-17-15)14-16(20)19-11-7-3-2-4-8-12-19/h15,17H,2-14H2,1H3. The molecule has 0 aliphatic carbocycles. The second-order valence-corrected chi connectivity index (χ2v) is 6.49. The van der Waals surface area contributed by atoms with Crippen LogP contribution in [0.4, 0.5) is 0 Å². The maximum absolute atomic E-state index is 12.4. The van der Waals surface area contributed by atoms with Crippen LogP contribution in [0.5, 0.6) is 0 Å². The topological polar surface area (TPSA) is 35.6 Å². The van der Waals surface area contributed by atoms with Gasteiger partial charge in [-0.05, 0) is 39.3 Å². The van der Waals surface area contributed by atoms with Gasteiger partial charge >= 0.3 is 0 Å². The van der Waals surface area contributed by atoms with E-state index < -0.39 is 0 Å². The molecular weight excluding hydrogens is 250 g/mol. The zero-order chi connectivity index (χ0) is 14.2. The minimum absolute atomic E-state index is 0.324. The summed E-state index contributed by atoms with van der Waals surface area (Å²) < 4.78 is 0. The Hall–Kier alpha value is -0.610. The van der Waals surface area contributed by atoms with Crippen LogP contribution in [0.3, 0.4) is 0 Å². The average Bonchev–Trinajstić information content (AvgIpc) is 2.38. The Labute approximate surface area is 123 Å². The molecule has 1 unspecified atom stereocenters. The van der Waals surface area contributed by atoms with Crippen LogP contribution in [0.2, 0.25) is 0 Å². The van der Waals surface area contributed by atoms with Crippen LogP contribution < -0.4 is 5.32 Å². The van der Waals surface area contributed by atoms with Crippen molar-refractivity contribution in [2.45, 2.75) is 57.4 Å². The molecule has 116 valence electrons. The molecule has 2 rings (SSSR count). The van der Waals surface area contributed by atoms with Gasteiger partial charge in [-0.3, -0.25) is 9.69 Å². The van der Waals surface area contributed by atoms with E-state index in [1.165, 1.54) is 51.4 Å². The number of hydrogen-bond acceptors (Lipinski definition) is 3. The predicted molar refractivity (Wildman–Crippen MR) is 82.8 cm³/mol. The van der Waals surface area contributed by atoms with Crippen LogP contribution in [0, 0.1) is 0 Å². The molecule has 0 radical (unpaired) electrons. The molecule has 2 fully saturated rings. The Morgan fingerprint density at radius 2 is 1.80 bits per heavy atom. The number of nitrogens with one attached hydrogen (secondary N) is 1. The van der Waals surface area contributed by atoms with Gasteiger partial charge in [-0.1, -0.05) is 25.7 Å². The molecule has 1 atom stereocenters. The molecule has 4 heteroatoms. The maximum atomic E-state index is 12.4. The fourth-order valence-electron chi connectivity index (χ4n) is 3.35. The van der Waals surface area contributed by atoms with Gasteiger partial charge in [-0.25, -0.2) is 0 Å². The first-order valence-electron chi connectivity index (χ1n) is 8.45. The molecule has 2 aliphatic rings. The van der Waals surface area contributed by atoms with Gasteiger partial charge in [0.05, 0.1) is 6.54 Å². The molecule has 0 aromatic carbocycles. The van der Waals surface area contributed by atoms with Crippen molar-refractivity contribution < 1.29 is 4.79 Å². The first-order chi connectivity index (χ1) is 9.75. The van der Waals surface area contributed by atoms with E-state index in [0.717, 1.165) is 26.2 Å². The van der Waals surface area contributed by atoms with Gasteiger partial charge in [0, 0.05) is 25.7 Å². The summed E-state index contributed by atoms with van der Waals surface area (Å²) in [7, 11) is 2.08. The minimum Gasteiger partial charge on any atom is -0.342 e. The SMILES string of the molecule is CN(CC(=O)N1CCCCCCC1)CC1CCCCN1. The van der Waals surface area contributed by atoms with Crippen LogP contribution in [0.25, 0.3) is 0 Å². The second-order valence-electron chi connectivity index (χ2n) is 6.49. The molecule has 0 aromatic rings. The van der Waals surface area contributed by atoms with Crippen molar-refractivity contribution in [1.82, 2.24) is 15.1 Å². The molecule has 0 bridgehead atoms. The zero-order valence-corrected chi connectivity index (χ0v) is 13.1. The number of nitrogens with zero attached hydrogens (tertiary/aromatic N) is 2. The molecule has 1 N–H and O–H groups in total. The molecular formula is C16H31N3O. The van der Waals surface area contributed by atoms with E-state index in [2.05, 4.69) is 22.2 Å². The van der Waals surface area contributed by atoms with Gasteiger partial charge in [0.25, 0.3) is 0 Å². The molecule has 1 amide bonds. The number of hydrogen-bond donors (Lipinski definition) is 1. The van der Waals surface area contributed by atoms with Crippen molar-refractivity contribution in [2.75, 3.05) is 39.8 Å². The Kier molecular flexibility index (Phi) is 6.80. The first kappa shape index (κ1) is 15.8. The van der Waals surface area contributed by atoms with Crippen LogP contribution in [0.15, 0.2) is 0 Å². The third-order valence-corrected chi connectivity index (χ3v) is 4.56. The number of rotatable bonds is 4. The van der Waals surface area contributed by atoms with Crippen LogP contribution in [-0.2, 0) is 4.79 Å². The van der Waals surface area contributed by atoms with E-state index in [9.17, 15) is 4.79 Å². The number of carbonyl (C=O) groups is 1. The molecule has 2 aliphatic heterocycles. The Bertz CT molecular complexity index is 281. The molecule has 20 heavy (non-hydrogen) atoms. The van der Waals surface area contributed by atoms with Crippen LogP contribution in [0.1, 0.15) is 51.4 Å². The number of piperidine rings is 1. The lowest BCUT2D eigenvalue weighted by molar-refractivity contribution is -0.132. The maximum Gasteiger partial charge on any atom is 0.236 e. The second kappa shape index (κ2) is 8.63. The Morgan fingerprint density at radius 1 is 1.10 bits per heavy atom. The number of amides is 1. The predicted octanol–water partition coefficient (Wildman–Crippen LogP) is 1.85. The molecule has 0 saturated carbocycles. The lowest BCUT2D eigenvalue weighted by atomic mass is 10.0. The van der Waals surface area contributed by atoms with Crippen LogP contribution in [-0.4, -0.2) is 61.5 Å². The van der Waals surface area contributed by atoms with Gasteiger partial charge in [0.2, 0.25) is 5.91 Å². The lowest BCUT2D eigenvalue weighted by Crippen LogP contribution is -2.46. The molecule has 2 heterocycles. The Balaban J connectivity index is 1.71. The highest BCUT2D eigenvalue weighted by molar-refractivity contribution is 5.78. The fraction of sp³-hybridized carbons (Fsp3) is 0.938. The summed E-state index contributed by atoms with van der Waals surface area (Å²) in [6, 6.07) is 0.578. The third kappa shape index (κ3) is 5.41. The minimum atomic E-state index is 0.324. The quantitative estimate of drug-likeness (QED) is 0.854. The summed E-state index contributed by atoms with van der Waals surface area (Å²) in [6.45, 7) is 4.65. The normalized spacial score (nSPS) is 25.3. The number of likely N-dealkylation sites (tertiary alicyclic amines) is 1. The highest BCUT2D eigenvalue weighted by atomic mass is 16.2.